The lowest BCUT2D eigenvalue weighted by molar-refractivity contribution is -0.207. The Morgan fingerprint density at radius 3 is 2.24 bits per heavy atom. The fourth-order valence-corrected chi connectivity index (χ4v) is 4.90. The largest absolute Gasteiger partial charge is 0.434 e. The Bertz CT molecular complexity index is 1480. The Morgan fingerprint density at radius 2 is 1.65 bits per heavy atom. The summed E-state index contributed by atoms with van der Waals surface area (Å²) in [6.45, 7) is -1.76. The van der Waals surface area contributed by atoms with Gasteiger partial charge in [0.2, 0.25) is 0 Å². The van der Waals surface area contributed by atoms with Crippen LogP contribution < -0.4 is 5.69 Å². The second-order valence-electron chi connectivity index (χ2n) is 7.70. The maximum absolute atomic E-state index is 13.7. The van der Waals surface area contributed by atoms with Crippen LogP contribution in [0.25, 0.3) is 21.8 Å². The maximum atomic E-state index is 13.7. The van der Waals surface area contributed by atoms with Gasteiger partial charge in [-0.05, 0) is 30.3 Å². The van der Waals surface area contributed by atoms with Gasteiger partial charge in [0.15, 0.2) is 17.6 Å². The van der Waals surface area contributed by atoms with Crippen LogP contribution in [0.5, 0.6) is 0 Å². The molecule has 0 aliphatic carbocycles. The molecule has 4 rings (SSSR count). The molecular weight excluding hydrogens is 569 g/mol. The van der Waals surface area contributed by atoms with E-state index in [-0.39, 0.29) is 31.9 Å². The molecule has 0 bridgehead atoms. The van der Waals surface area contributed by atoms with Crippen LogP contribution in [0.2, 0.25) is 10.0 Å². The van der Waals surface area contributed by atoms with E-state index in [1.807, 2.05) is 0 Å². The minimum Gasteiger partial charge on any atom is -0.382 e. The Labute approximate surface area is 218 Å². The third-order valence-electron chi connectivity index (χ3n) is 5.10. The lowest BCUT2D eigenvalue weighted by Crippen LogP contribution is -2.37. The normalized spacial score (nSPS) is 13.2. The first kappa shape index (κ1) is 27.2. The average molecular weight is 583 g/mol. The first-order chi connectivity index (χ1) is 17.3. The summed E-state index contributed by atoms with van der Waals surface area (Å²) < 4.78 is 81.6. The van der Waals surface area contributed by atoms with Crippen LogP contribution in [0.1, 0.15) is 10.7 Å². The molecule has 0 aliphatic rings. The molecule has 2 aromatic carbocycles. The molecule has 0 radical (unpaired) electrons. The predicted octanol–water partition coefficient (Wildman–Crippen LogP) is 6.13. The van der Waals surface area contributed by atoms with E-state index >= 15 is 0 Å². The van der Waals surface area contributed by atoms with Crippen molar-refractivity contribution in [1.82, 2.24) is 19.3 Å². The second-order valence-corrected chi connectivity index (χ2v) is 9.63. The number of hydrogen-bond donors (Lipinski definition) is 1. The Balaban J connectivity index is 1.80. The summed E-state index contributed by atoms with van der Waals surface area (Å²) in [4.78, 5) is 16.4. The standard InChI is InChI=1S/C22H14Cl2F6N4O2S/c23-12-7-5-11(6-8-12)19-32-34(20(36)33(19)9-15(35)21(25,26)27)10-16-31-18(22(28,29)30)17(37-16)13-3-1-2-4-14(13)24/h1-8,15,35H,9-10H2/t15-/m0/s1. The number of halogens is 8. The van der Waals surface area contributed by atoms with Gasteiger partial charge >= 0.3 is 18.0 Å². The molecule has 1 atom stereocenters. The summed E-state index contributed by atoms with van der Waals surface area (Å²) in [5.74, 6) is -0.246. The SMILES string of the molecule is O=c1n(Cc2nc(C(F)(F)F)c(-c3ccccc3Cl)s2)nc(-c2ccc(Cl)cc2)n1C[C@H](O)C(F)(F)F. The minimum atomic E-state index is -5.03. The fraction of sp³-hybridized carbons (Fsp3) is 0.227. The van der Waals surface area contributed by atoms with E-state index in [9.17, 15) is 36.2 Å². The molecule has 6 nitrogen and oxygen atoms in total. The lowest BCUT2D eigenvalue weighted by Gasteiger charge is -2.15. The molecule has 0 saturated carbocycles. The Morgan fingerprint density at radius 1 is 1.00 bits per heavy atom. The number of rotatable bonds is 6. The zero-order valence-electron chi connectivity index (χ0n) is 18.2. The molecule has 15 heteroatoms. The van der Waals surface area contributed by atoms with Gasteiger partial charge in [-0.1, -0.05) is 41.4 Å². The monoisotopic (exact) mass is 582 g/mol. The summed E-state index contributed by atoms with van der Waals surface area (Å²) in [6.07, 6.45) is -12.8. The minimum absolute atomic E-state index is 0.0517. The van der Waals surface area contributed by atoms with E-state index in [1.54, 1.807) is 6.07 Å². The highest BCUT2D eigenvalue weighted by molar-refractivity contribution is 7.15. The van der Waals surface area contributed by atoms with Crippen LogP contribution in [-0.2, 0) is 19.3 Å². The molecule has 0 amide bonds. The molecule has 2 heterocycles. The quantitative estimate of drug-likeness (QED) is 0.277. The van der Waals surface area contributed by atoms with E-state index in [1.165, 1.54) is 42.5 Å². The molecule has 0 fully saturated rings. The number of hydrogen-bond acceptors (Lipinski definition) is 5. The summed E-state index contributed by atoms with van der Waals surface area (Å²) in [7, 11) is 0. The van der Waals surface area contributed by atoms with Crippen molar-refractivity contribution in [2.75, 3.05) is 0 Å². The van der Waals surface area contributed by atoms with Gasteiger partial charge in [0.05, 0.1) is 18.0 Å². The average Bonchev–Trinajstić information content (AvgIpc) is 3.36. The molecule has 37 heavy (non-hydrogen) atoms. The molecule has 2 aromatic heterocycles. The van der Waals surface area contributed by atoms with E-state index in [4.69, 9.17) is 23.2 Å². The first-order valence-corrected chi connectivity index (χ1v) is 11.8. The molecule has 0 saturated heterocycles. The number of aliphatic hydroxyl groups is 1. The number of thiazole rings is 1. The van der Waals surface area contributed by atoms with Gasteiger partial charge in [0.25, 0.3) is 0 Å². The molecule has 0 unspecified atom stereocenters. The van der Waals surface area contributed by atoms with Crippen LogP contribution in [0.3, 0.4) is 0 Å². The van der Waals surface area contributed by atoms with E-state index in [2.05, 4.69) is 10.1 Å². The fourth-order valence-electron chi connectivity index (χ4n) is 3.38. The number of nitrogens with zero attached hydrogens (tertiary/aromatic N) is 4. The van der Waals surface area contributed by atoms with Gasteiger partial charge in [0.1, 0.15) is 5.01 Å². The van der Waals surface area contributed by atoms with Gasteiger partial charge in [-0.2, -0.15) is 26.3 Å². The van der Waals surface area contributed by atoms with Gasteiger partial charge in [-0.3, -0.25) is 4.57 Å². The van der Waals surface area contributed by atoms with Crippen molar-refractivity contribution in [3.63, 3.8) is 0 Å². The summed E-state index contributed by atoms with van der Waals surface area (Å²) in [6, 6.07) is 11.4. The van der Waals surface area contributed by atoms with Crippen molar-refractivity contribution < 1.29 is 31.4 Å². The van der Waals surface area contributed by atoms with Crippen LogP contribution in [0, 0.1) is 0 Å². The predicted molar refractivity (Wildman–Crippen MR) is 126 cm³/mol. The number of aliphatic hydroxyl groups excluding tert-OH is 1. The number of benzene rings is 2. The number of aromatic nitrogens is 4. The smallest absolute Gasteiger partial charge is 0.382 e. The highest BCUT2D eigenvalue weighted by atomic mass is 35.5. The molecule has 0 spiro atoms. The van der Waals surface area contributed by atoms with Crippen molar-refractivity contribution in [2.24, 2.45) is 0 Å². The molecule has 1 N–H and O–H groups in total. The maximum Gasteiger partial charge on any atom is 0.434 e. The van der Waals surface area contributed by atoms with Gasteiger partial charge < -0.3 is 5.11 Å². The van der Waals surface area contributed by atoms with Crippen LogP contribution in [0.15, 0.2) is 53.3 Å². The van der Waals surface area contributed by atoms with Crippen molar-refractivity contribution in [3.05, 3.63) is 79.8 Å². The molecular formula is C22H14Cl2F6N4O2S. The van der Waals surface area contributed by atoms with Crippen LogP contribution in [0.4, 0.5) is 26.3 Å². The zero-order chi connectivity index (χ0) is 27.1. The lowest BCUT2D eigenvalue weighted by atomic mass is 10.1. The summed E-state index contributed by atoms with van der Waals surface area (Å²) >= 11 is 12.5. The third-order valence-corrected chi connectivity index (χ3v) is 6.76. The highest BCUT2D eigenvalue weighted by Gasteiger charge is 2.40. The van der Waals surface area contributed by atoms with E-state index < -0.39 is 42.9 Å². The van der Waals surface area contributed by atoms with Crippen LogP contribution in [-0.4, -0.2) is 36.7 Å². The van der Waals surface area contributed by atoms with Crippen molar-refractivity contribution in [1.29, 1.82) is 0 Å². The van der Waals surface area contributed by atoms with Crippen LogP contribution >= 0.6 is 34.5 Å². The van der Waals surface area contributed by atoms with E-state index in [0.29, 0.717) is 25.6 Å². The molecule has 0 aliphatic heterocycles. The summed E-state index contributed by atoms with van der Waals surface area (Å²) in [5, 5.41) is 13.8. The highest BCUT2D eigenvalue weighted by Crippen LogP contribution is 2.42. The van der Waals surface area contributed by atoms with Gasteiger partial charge in [0, 0.05) is 21.2 Å². The third kappa shape index (κ3) is 5.84. The van der Waals surface area contributed by atoms with Gasteiger partial charge in [-0.15, -0.1) is 16.4 Å². The topological polar surface area (TPSA) is 72.9 Å². The zero-order valence-corrected chi connectivity index (χ0v) is 20.5. The summed E-state index contributed by atoms with van der Waals surface area (Å²) in [5.41, 5.74) is -2.04. The van der Waals surface area contributed by atoms with E-state index in [0.717, 1.165) is 0 Å². The molecule has 196 valence electrons. The van der Waals surface area contributed by atoms with Crippen molar-refractivity contribution >= 4 is 34.5 Å². The molecule has 4 aromatic rings. The van der Waals surface area contributed by atoms with Crippen molar-refractivity contribution in [3.8, 4) is 21.8 Å². The van der Waals surface area contributed by atoms with Gasteiger partial charge in [-0.25, -0.2) is 14.5 Å². The Kier molecular flexibility index (Phi) is 7.43. The van der Waals surface area contributed by atoms with Crippen molar-refractivity contribution in [2.45, 2.75) is 31.5 Å². The Hall–Kier alpha value is -2.87. The first-order valence-electron chi connectivity index (χ1n) is 10.3. The number of alkyl halides is 6. The second kappa shape index (κ2) is 10.1.